The van der Waals surface area contributed by atoms with E-state index >= 15 is 0 Å². The van der Waals surface area contributed by atoms with E-state index in [1.807, 2.05) is 23.1 Å². The molecule has 2 aromatic rings. The number of anilines is 1. The SMILES string of the molecule is CC(C)c1ccc(CCC(=O)Nc2ccccc2C(=O)N2CCCCC2)cc1. The van der Waals surface area contributed by atoms with Crippen LogP contribution in [-0.4, -0.2) is 29.8 Å². The smallest absolute Gasteiger partial charge is 0.255 e. The second kappa shape index (κ2) is 9.54. The number of carbonyl (C=O) groups is 2. The van der Waals surface area contributed by atoms with Crippen molar-refractivity contribution in [3.05, 3.63) is 65.2 Å². The first-order chi connectivity index (χ1) is 13.5. The maximum atomic E-state index is 12.8. The van der Waals surface area contributed by atoms with Crippen molar-refractivity contribution < 1.29 is 9.59 Å². The maximum Gasteiger partial charge on any atom is 0.255 e. The third-order valence-electron chi connectivity index (χ3n) is 5.36. The Bertz CT molecular complexity index is 806. The Labute approximate surface area is 167 Å². The summed E-state index contributed by atoms with van der Waals surface area (Å²) in [6, 6.07) is 15.8. The van der Waals surface area contributed by atoms with E-state index in [-0.39, 0.29) is 11.8 Å². The van der Waals surface area contributed by atoms with Crippen LogP contribution in [0.15, 0.2) is 48.5 Å². The monoisotopic (exact) mass is 378 g/mol. The summed E-state index contributed by atoms with van der Waals surface area (Å²) >= 11 is 0. The van der Waals surface area contributed by atoms with Crippen molar-refractivity contribution in [1.29, 1.82) is 0 Å². The summed E-state index contributed by atoms with van der Waals surface area (Å²) in [6.07, 6.45) is 4.37. The number of hydrogen-bond acceptors (Lipinski definition) is 2. The van der Waals surface area contributed by atoms with Crippen LogP contribution < -0.4 is 5.32 Å². The molecule has 3 rings (SSSR count). The fraction of sp³-hybridized carbons (Fsp3) is 0.417. The summed E-state index contributed by atoms with van der Waals surface area (Å²) < 4.78 is 0. The van der Waals surface area contributed by atoms with E-state index in [4.69, 9.17) is 0 Å². The molecule has 0 bridgehead atoms. The number of piperidine rings is 1. The average molecular weight is 379 g/mol. The largest absolute Gasteiger partial charge is 0.339 e. The van der Waals surface area contributed by atoms with Gasteiger partial charge in [0.15, 0.2) is 0 Å². The first kappa shape index (κ1) is 20.1. The minimum absolute atomic E-state index is 0.0138. The lowest BCUT2D eigenvalue weighted by Gasteiger charge is -2.27. The van der Waals surface area contributed by atoms with E-state index in [1.54, 1.807) is 6.07 Å². The normalized spacial score (nSPS) is 14.2. The van der Waals surface area contributed by atoms with Crippen LogP contribution in [0.2, 0.25) is 0 Å². The lowest BCUT2D eigenvalue weighted by Crippen LogP contribution is -2.36. The number of carbonyl (C=O) groups excluding carboxylic acids is 2. The second-order valence-corrected chi connectivity index (χ2v) is 7.84. The van der Waals surface area contributed by atoms with Crippen molar-refractivity contribution in [2.75, 3.05) is 18.4 Å². The molecule has 1 saturated heterocycles. The van der Waals surface area contributed by atoms with Crippen LogP contribution >= 0.6 is 0 Å². The molecule has 0 unspecified atom stereocenters. The number of likely N-dealkylation sites (tertiary alicyclic amines) is 1. The fourth-order valence-corrected chi connectivity index (χ4v) is 3.59. The summed E-state index contributed by atoms with van der Waals surface area (Å²) in [5.74, 6) is 0.456. The van der Waals surface area contributed by atoms with Crippen LogP contribution in [0.3, 0.4) is 0 Å². The zero-order valence-corrected chi connectivity index (χ0v) is 16.9. The van der Waals surface area contributed by atoms with Crippen LogP contribution in [0.25, 0.3) is 0 Å². The zero-order valence-electron chi connectivity index (χ0n) is 16.9. The minimum Gasteiger partial charge on any atom is -0.339 e. The van der Waals surface area contributed by atoms with Gasteiger partial charge in [0.2, 0.25) is 5.91 Å². The molecule has 1 aliphatic heterocycles. The number of nitrogens with zero attached hydrogens (tertiary/aromatic N) is 1. The molecule has 148 valence electrons. The Hall–Kier alpha value is -2.62. The molecule has 4 nitrogen and oxygen atoms in total. The van der Waals surface area contributed by atoms with E-state index in [1.165, 1.54) is 12.0 Å². The van der Waals surface area contributed by atoms with Crippen LogP contribution in [0.5, 0.6) is 0 Å². The molecule has 0 spiro atoms. The highest BCUT2D eigenvalue weighted by atomic mass is 16.2. The molecule has 0 atom stereocenters. The molecule has 1 heterocycles. The van der Waals surface area contributed by atoms with E-state index in [0.717, 1.165) is 31.5 Å². The van der Waals surface area contributed by atoms with Gasteiger partial charge in [0.25, 0.3) is 5.91 Å². The van der Waals surface area contributed by atoms with E-state index in [2.05, 4.69) is 43.4 Å². The summed E-state index contributed by atoms with van der Waals surface area (Å²) in [7, 11) is 0. The van der Waals surface area contributed by atoms with Gasteiger partial charge in [-0.05, 0) is 54.9 Å². The number of rotatable bonds is 6. The van der Waals surface area contributed by atoms with Crippen molar-refractivity contribution in [2.45, 2.75) is 51.9 Å². The van der Waals surface area contributed by atoms with E-state index in [0.29, 0.717) is 30.0 Å². The molecule has 0 radical (unpaired) electrons. The first-order valence-electron chi connectivity index (χ1n) is 10.3. The molecule has 0 saturated carbocycles. The quantitative estimate of drug-likeness (QED) is 0.768. The highest BCUT2D eigenvalue weighted by Crippen LogP contribution is 2.21. The number of nitrogens with one attached hydrogen (secondary N) is 1. The molecule has 2 amide bonds. The third-order valence-corrected chi connectivity index (χ3v) is 5.36. The fourth-order valence-electron chi connectivity index (χ4n) is 3.59. The summed E-state index contributed by atoms with van der Waals surface area (Å²) in [4.78, 5) is 27.2. The van der Waals surface area contributed by atoms with Crippen LogP contribution in [0.1, 0.15) is 66.9 Å². The molecule has 28 heavy (non-hydrogen) atoms. The number of aryl methyl sites for hydroxylation is 1. The van der Waals surface area contributed by atoms with Gasteiger partial charge in [-0.3, -0.25) is 9.59 Å². The van der Waals surface area contributed by atoms with Gasteiger partial charge in [-0.2, -0.15) is 0 Å². The number of hydrogen-bond donors (Lipinski definition) is 1. The molecule has 1 fully saturated rings. The predicted octanol–water partition coefficient (Wildman–Crippen LogP) is 5.01. The van der Waals surface area contributed by atoms with Crippen molar-refractivity contribution in [1.82, 2.24) is 4.90 Å². The lowest BCUT2D eigenvalue weighted by molar-refractivity contribution is -0.116. The Kier molecular flexibility index (Phi) is 6.85. The first-order valence-corrected chi connectivity index (χ1v) is 10.3. The molecule has 0 aromatic heterocycles. The Morgan fingerprint density at radius 1 is 0.964 bits per heavy atom. The minimum atomic E-state index is -0.0631. The number of benzene rings is 2. The topological polar surface area (TPSA) is 49.4 Å². The predicted molar refractivity (Wildman–Crippen MR) is 114 cm³/mol. The van der Waals surface area contributed by atoms with E-state index in [9.17, 15) is 9.59 Å². The molecule has 1 aliphatic rings. The van der Waals surface area contributed by atoms with Gasteiger partial charge in [-0.1, -0.05) is 50.2 Å². The van der Waals surface area contributed by atoms with Gasteiger partial charge in [0, 0.05) is 19.5 Å². The van der Waals surface area contributed by atoms with Gasteiger partial charge in [0.05, 0.1) is 11.3 Å². The summed E-state index contributed by atoms with van der Waals surface area (Å²) in [5.41, 5.74) is 3.65. The highest BCUT2D eigenvalue weighted by molar-refractivity contribution is 6.03. The zero-order chi connectivity index (χ0) is 19.9. The van der Waals surface area contributed by atoms with Crippen molar-refractivity contribution >= 4 is 17.5 Å². The van der Waals surface area contributed by atoms with Crippen LogP contribution in [0.4, 0.5) is 5.69 Å². The molecule has 2 aromatic carbocycles. The van der Waals surface area contributed by atoms with Gasteiger partial charge in [-0.25, -0.2) is 0 Å². The molecule has 0 aliphatic carbocycles. The van der Waals surface area contributed by atoms with Crippen molar-refractivity contribution in [3.8, 4) is 0 Å². The summed E-state index contributed by atoms with van der Waals surface area (Å²) in [6.45, 7) is 5.94. The van der Waals surface area contributed by atoms with Gasteiger partial charge < -0.3 is 10.2 Å². The molecule has 1 N–H and O–H groups in total. The summed E-state index contributed by atoms with van der Waals surface area (Å²) in [5, 5.41) is 2.94. The lowest BCUT2D eigenvalue weighted by atomic mass is 10.0. The van der Waals surface area contributed by atoms with Crippen molar-refractivity contribution in [2.24, 2.45) is 0 Å². The van der Waals surface area contributed by atoms with Crippen molar-refractivity contribution in [3.63, 3.8) is 0 Å². The van der Waals surface area contributed by atoms with Gasteiger partial charge in [0.1, 0.15) is 0 Å². The second-order valence-electron chi connectivity index (χ2n) is 7.84. The average Bonchev–Trinajstić information content (AvgIpc) is 2.73. The highest BCUT2D eigenvalue weighted by Gasteiger charge is 2.21. The standard InChI is InChI=1S/C24H30N2O2/c1-18(2)20-13-10-19(11-14-20)12-15-23(27)25-22-9-5-4-8-21(22)24(28)26-16-6-3-7-17-26/h4-5,8-11,13-14,18H,3,6-7,12,15-17H2,1-2H3,(H,25,27). The number of para-hydroxylation sites is 1. The third kappa shape index (κ3) is 5.22. The Morgan fingerprint density at radius 3 is 2.32 bits per heavy atom. The molecular formula is C24H30N2O2. The van der Waals surface area contributed by atoms with Gasteiger partial charge in [-0.15, -0.1) is 0 Å². The molecular weight excluding hydrogens is 348 g/mol. The Morgan fingerprint density at radius 2 is 1.64 bits per heavy atom. The maximum absolute atomic E-state index is 12.8. The van der Waals surface area contributed by atoms with Crippen LogP contribution in [-0.2, 0) is 11.2 Å². The van der Waals surface area contributed by atoms with Gasteiger partial charge >= 0.3 is 0 Å². The van der Waals surface area contributed by atoms with E-state index < -0.39 is 0 Å². The number of amides is 2. The Balaban J connectivity index is 1.60. The molecule has 4 heteroatoms. The van der Waals surface area contributed by atoms with Crippen LogP contribution in [0, 0.1) is 0 Å².